The van der Waals surface area contributed by atoms with Crippen LogP contribution < -0.4 is 0 Å². The number of carbonyl (C=O) groups excluding carboxylic acids is 4. The van der Waals surface area contributed by atoms with Crippen molar-refractivity contribution < 1.29 is 33.4 Å². The quantitative estimate of drug-likeness (QED) is 0.496. The molecule has 1 aromatic carbocycles. The maximum absolute atomic E-state index is 12.4. The molecule has 0 N–H and O–H groups in total. The van der Waals surface area contributed by atoms with E-state index in [1.165, 1.54) is 33.3 Å². The molecule has 0 aromatic heterocycles. The number of benzene rings is 1. The van der Waals surface area contributed by atoms with Crippen LogP contribution in [-0.4, -0.2) is 68.0 Å². The Labute approximate surface area is 144 Å². The summed E-state index contributed by atoms with van der Waals surface area (Å²) in [7, 11) is 2.69. The number of ether oxygens (including phenoxy) is 3. The van der Waals surface area contributed by atoms with Crippen LogP contribution in [0.3, 0.4) is 0 Å². The Morgan fingerprint density at radius 1 is 1.04 bits per heavy atom. The molecule has 2 rings (SSSR count). The highest BCUT2D eigenvalue weighted by atomic mass is 16.6. The Bertz CT molecular complexity index is 665. The predicted molar refractivity (Wildman–Crippen MR) is 85.0 cm³/mol. The zero-order valence-corrected chi connectivity index (χ0v) is 14.2. The van der Waals surface area contributed by atoms with Gasteiger partial charge < -0.3 is 14.2 Å². The van der Waals surface area contributed by atoms with E-state index in [9.17, 15) is 19.2 Å². The second-order valence-electron chi connectivity index (χ2n) is 5.48. The van der Waals surface area contributed by atoms with Crippen LogP contribution in [0.2, 0.25) is 0 Å². The van der Waals surface area contributed by atoms with E-state index >= 15 is 0 Å². The summed E-state index contributed by atoms with van der Waals surface area (Å²) < 4.78 is 14.7. The molecule has 0 saturated carbocycles. The third-order valence-corrected chi connectivity index (χ3v) is 3.78. The molecule has 0 radical (unpaired) electrons. The molecule has 1 aliphatic heterocycles. The number of esters is 1. The molecule has 8 nitrogen and oxygen atoms in total. The molecular formula is C17H19NO7. The number of hydrogen-bond acceptors (Lipinski definition) is 7. The average molecular weight is 349 g/mol. The molecule has 0 aliphatic carbocycles. The van der Waals surface area contributed by atoms with E-state index in [1.54, 1.807) is 12.1 Å². The van der Waals surface area contributed by atoms with Crippen LogP contribution in [0.5, 0.6) is 0 Å². The summed E-state index contributed by atoms with van der Waals surface area (Å²) >= 11 is 0. The zero-order valence-electron chi connectivity index (χ0n) is 14.2. The fourth-order valence-corrected chi connectivity index (χ4v) is 2.48. The molecule has 134 valence electrons. The first kappa shape index (κ1) is 18.8. The zero-order chi connectivity index (χ0) is 18.6. The number of rotatable bonds is 8. The molecule has 2 atom stereocenters. The van der Waals surface area contributed by atoms with Crippen molar-refractivity contribution >= 4 is 23.6 Å². The Morgan fingerprint density at radius 3 is 2.08 bits per heavy atom. The lowest BCUT2D eigenvalue weighted by Crippen LogP contribution is -2.46. The number of imide groups is 1. The number of methoxy groups -OCH3 is 2. The second-order valence-corrected chi connectivity index (χ2v) is 5.48. The topological polar surface area (TPSA) is 99.2 Å². The summed E-state index contributed by atoms with van der Waals surface area (Å²) in [6.07, 6.45) is -1.17. The number of nitrogens with zero attached hydrogens (tertiary/aromatic N) is 1. The van der Waals surface area contributed by atoms with Crippen molar-refractivity contribution in [1.82, 2.24) is 4.90 Å². The van der Waals surface area contributed by atoms with Crippen molar-refractivity contribution in [1.29, 1.82) is 0 Å². The third kappa shape index (κ3) is 3.75. The van der Waals surface area contributed by atoms with Crippen LogP contribution in [0.15, 0.2) is 24.3 Å². The fourth-order valence-electron chi connectivity index (χ4n) is 2.48. The first-order chi connectivity index (χ1) is 11.9. The van der Waals surface area contributed by atoms with E-state index in [4.69, 9.17) is 14.2 Å². The van der Waals surface area contributed by atoms with E-state index in [2.05, 4.69) is 0 Å². The standard InChI is InChI=1S/C17H19NO7/c1-10(17(22)25-14(9-24-3)13(19)8-23-2)18-15(20)11-6-4-5-7-12(11)16(18)21/h4-7,10,14H,8-9H2,1-3H3/t10-,14-/m0/s1. The van der Waals surface area contributed by atoms with Crippen LogP contribution in [0.25, 0.3) is 0 Å². The van der Waals surface area contributed by atoms with Gasteiger partial charge in [0.15, 0.2) is 6.10 Å². The highest BCUT2D eigenvalue weighted by Crippen LogP contribution is 2.25. The lowest BCUT2D eigenvalue weighted by atomic mass is 10.1. The fraction of sp³-hybridized carbons (Fsp3) is 0.412. The Hall–Kier alpha value is -2.58. The van der Waals surface area contributed by atoms with Crippen molar-refractivity contribution in [2.75, 3.05) is 27.4 Å². The van der Waals surface area contributed by atoms with Gasteiger partial charge in [0.1, 0.15) is 12.6 Å². The Morgan fingerprint density at radius 2 is 1.60 bits per heavy atom. The maximum Gasteiger partial charge on any atom is 0.329 e. The monoisotopic (exact) mass is 349 g/mol. The largest absolute Gasteiger partial charge is 0.450 e. The van der Waals surface area contributed by atoms with Gasteiger partial charge in [-0.15, -0.1) is 0 Å². The highest BCUT2D eigenvalue weighted by Gasteiger charge is 2.42. The van der Waals surface area contributed by atoms with Crippen molar-refractivity contribution in [2.24, 2.45) is 0 Å². The van der Waals surface area contributed by atoms with Gasteiger partial charge in [-0.25, -0.2) is 4.79 Å². The van der Waals surface area contributed by atoms with Crippen LogP contribution in [0.1, 0.15) is 27.6 Å². The molecule has 0 fully saturated rings. The molecule has 0 spiro atoms. The van der Waals surface area contributed by atoms with Crippen LogP contribution in [0, 0.1) is 0 Å². The van der Waals surface area contributed by atoms with Crippen LogP contribution in [0.4, 0.5) is 0 Å². The number of Topliss-reactive ketones (excluding diaryl/α,β-unsaturated/α-hetero) is 1. The Balaban J connectivity index is 2.13. The molecule has 0 unspecified atom stereocenters. The summed E-state index contributed by atoms with van der Waals surface area (Å²) in [5.74, 6) is -2.50. The van der Waals surface area contributed by atoms with Crippen LogP contribution in [-0.2, 0) is 23.8 Å². The minimum Gasteiger partial charge on any atom is -0.450 e. The van der Waals surface area contributed by atoms with Gasteiger partial charge in [0.25, 0.3) is 11.8 Å². The van der Waals surface area contributed by atoms with Gasteiger partial charge in [0, 0.05) is 14.2 Å². The molecule has 25 heavy (non-hydrogen) atoms. The van der Waals surface area contributed by atoms with E-state index < -0.39 is 35.7 Å². The molecule has 8 heteroatoms. The first-order valence-corrected chi connectivity index (χ1v) is 7.60. The molecule has 1 aliphatic rings. The molecule has 2 amide bonds. The van der Waals surface area contributed by atoms with Gasteiger partial charge in [-0.1, -0.05) is 12.1 Å². The van der Waals surface area contributed by atoms with Crippen molar-refractivity contribution in [3.05, 3.63) is 35.4 Å². The summed E-state index contributed by atoms with van der Waals surface area (Å²) in [4.78, 5) is 49.8. The SMILES string of the molecule is COCC(=O)[C@H](COC)OC(=O)[C@H](C)N1C(=O)c2ccccc2C1=O. The number of fused-ring (bicyclic) bond motifs is 1. The Kier molecular flexibility index (Phi) is 6.00. The number of amides is 2. The van der Waals surface area contributed by atoms with Crippen molar-refractivity contribution in [2.45, 2.75) is 19.1 Å². The predicted octanol–water partition coefficient (Wildman–Crippen LogP) is 0.445. The molecule has 0 bridgehead atoms. The summed E-state index contributed by atoms with van der Waals surface area (Å²) in [5, 5.41) is 0. The van der Waals surface area contributed by atoms with Crippen molar-refractivity contribution in [3.8, 4) is 0 Å². The van der Waals surface area contributed by atoms with Gasteiger partial charge in [0.2, 0.25) is 5.78 Å². The number of hydrogen-bond donors (Lipinski definition) is 0. The van der Waals surface area contributed by atoms with Gasteiger partial charge in [-0.05, 0) is 19.1 Å². The number of ketones is 1. The number of carbonyl (C=O) groups is 4. The minimum absolute atomic E-state index is 0.150. The van der Waals surface area contributed by atoms with Gasteiger partial charge in [-0.3, -0.25) is 19.3 Å². The normalized spacial score (nSPS) is 15.7. The molecule has 1 aromatic rings. The highest BCUT2D eigenvalue weighted by molar-refractivity contribution is 6.22. The second kappa shape index (κ2) is 8.00. The minimum atomic E-state index is -1.18. The molecular weight excluding hydrogens is 330 g/mol. The van der Waals surface area contributed by atoms with Gasteiger partial charge >= 0.3 is 5.97 Å². The average Bonchev–Trinajstić information content (AvgIpc) is 2.85. The van der Waals surface area contributed by atoms with Gasteiger partial charge in [0.05, 0.1) is 17.7 Å². The maximum atomic E-state index is 12.4. The lowest BCUT2D eigenvalue weighted by Gasteiger charge is -2.23. The lowest BCUT2D eigenvalue weighted by molar-refractivity contribution is -0.162. The summed E-state index contributed by atoms with van der Waals surface area (Å²) in [6, 6.07) is 5.12. The smallest absolute Gasteiger partial charge is 0.329 e. The summed E-state index contributed by atoms with van der Waals surface area (Å²) in [5.41, 5.74) is 0.465. The molecule has 1 heterocycles. The summed E-state index contributed by atoms with van der Waals surface area (Å²) in [6.45, 7) is 0.972. The molecule has 0 saturated heterocycles. The first-order valence-electron chi connectivity index (χ1n) is 7.60. The van der Waals surface area contributed by atoms with E-state index in [-0.39, 0.29) is 24.3 Å². The van der Waals surface area contributed by atoms with Gasteiger partial charge in [-0.2, -0.15) is 0 Å². The van der Waals surface area contributed by atoms with E-state index in [0.717, 1.165) is 4.90 Å². The van der Waals surface area contributed by atoms with E-state index in [1.807, 2.05) is 0 Å². The van der Waals surface area contributed by atoms with E-state index in [0.29, 0.717) is 0 Å². The van der Waals surface area contributed by atoms with Crippen LogP contribution >= 0.6 is 0 Å². The van der Waals surface area contributed by atoms with Crippen molar-refractivity contribution in [3.63, 3.8) is 0 Å². The third-order valence-electron chi connectivity index (χ3n) is 3.78.